The predicted molar refractivity (Wildman–Crippen MR) is 81.0 cm³/mol. The number of carbonyl (C=O) groups is 1. The molecule has 1 aromatic heterocycles. The molecule has 1 heterocycles. The monoisotopic (exact) mass is 331 g/mol. The molecule has 0 aliphatic heterocycles. The lowest BCUT2D eigenvalue weighted by Gasteiger charge is -2.05. The molecule has 0 unspecified atom stereocenters. The van der Waals surface area contributed by atoms with Crippen LogP contribution in [0.3, 0.4) is 0 Å². The number of nitrogens with one attached hydrogen (secondary N) is 3. The van der Waals surface area contributed by atoms with Gasteiger partial charge in [0.25, 0.3) is 5.91 Å². The first-order valence-corrected chi connectivity index (χ1v) is 6.70. The van der Waals surface area contributed by atoms with Crippen LogP contribution >= 0.6 is 15.9 Å². The van der Waals surface area contributed by atoms with Gasteiger partial charge in [0.15, 0.2) is 0 Å². The molecule has 0 atom stereocenters. The van der Waals surface area contributed by atoms with Crippen molar-refractivity contribution >= 4 is 38.6 Å². The van der Waals surface area contributed by atoms with Gasteiger partial charge in [-0.2, -0.15) is 0 Å². The van der Waals surface area contributed by atoms with Gasteiger partial charge < -0.3 is 15.3 Å². The average Bonchev–Trinajstić information content (AvgIpc) is 2.80. The second kappa shape index (κ2) is 4.97. The number of H-pyrrole nitrogens is 2. The van der Waals surface area contributed by atoms with Crippen molar-refractivity contribution < 1.29 is 4.79 Å². The number of anilines is 1. The Labute approximate surface area is 122 Å². The molecule has 0 spiro atoms. The third-order valence-corrected chi connectivity index (χ3v) is 3.41. The zero-order valence-electron chi connectivity index (χ0n) is 10.2. The minimum absolute atomic E-state index is 0.226. The topological polar surface area (TPSA) is 77.8 Å². The van der Waals surface area contributed by atoms with Crippen molar-refractivity contribution in [2.45, 2.75) is 0 Å². The molecular formula is C14H10BrN3O2. The molecule has 1 amide bonds. The number of aromatic nitrogens is 2. The molecular weight excluding hydrogens is 322 g/mol. The molecule has 0 radical (unpaired) electrons. The van der Waals surface area contributed by atoms with E-state index in [-0.39, 0.29) is 11.6 Å². The van der Waals surface area contributed by atoms with Gasteiger partial charge in [0.05, 0.1) is 11.0 Å². The summed E-state index contributed by atoms with van der Waals surface area (Å²) in [5.41, 5.74) is 2.19. The van der Waals surface area contributed by atoms with E-state index in [1.54, 1.807) is 30.3 Å². The summed E-state index contributed by atoms with van der Waals surface area (Å²) in [6.45, 7) is 0. The highest BCUT2D eigenvalue weighted by molar-refractivity contribution is 9.10. The lowest BCUT2D eigenvalue weighted by Crippen LogP contribution is -2.11. The van der Waals surface area contributed by atoms with Gasteiger partial charge in [-0.3, -0.25) is 4.79 Å². The molecule has 100 valence electrons. The maximum absolute atomic E-state index is 12.1. The van der Waals surface area contributed by atoms with Crippen LogP contribution in [0, 0.1) is 0 Å². The van der Waals surface area contributed by atoms with Crippen molar-refractivity contribution in [3.8, 4) is 0 Å². The van der Waals surface area contributed by atoms with Crippen LogP contribution in [0.4, 0.5) is 5.69 Å². The highest BCUT2D eigenvalue weighted by atomic mass is 79.9. The van der Waals surface area contributed by atoms with E-state index in [2.05, 4.69) is 31.2 Å². The molecule has 3 N–H and O–H groups in total. The summed E-state index contributed by atoms with van der Waals surface area (Å²) in [5, 5.41) is 2.79. The Bertz CT molecular complexity index is 833. The molecule has 0 bridgehead atoms. The van der Waals surface area contributed by atoms with Crippen LogP contribution in [0.15, 0.2) is 51.7 Å². The summed E-state index contributed by atoms with van der Waals surface area (Å²) < 4.78 is 0.946. The van der Waals surface area contributed by atoms with Gasteiger partial charge in [0.2, 0.25) is 0 Å². The Morgan fingerprint density at radius 1 is 1.00 bits per heavy atom. The van der Waals surface area contributed by atoms with Crippen molar-refractivity contribution in [2.24, 2.45) is 0 Å². The highest BCUT2D eigenvalue weighted by Gasteiger charge is 2.08. The predicted octanol–water partition coefficient (Wildman–Crippen LogP) is 2.87. The highest BCUT2D eigenvalue weighted by Crippen LogP contribution is 2.16. The SMILES string of the molecule is O=C(Nc1ccc(Br)cc1)c1ccc2[nH]c(=O)[nH]c2c1. The Morgan fingerprint density at radius 3 is 2.45 bits per heavy atom. The average molecular weight is 332 g/mol. The van der Waals surface area contributed by atoms with E-state index in [4.69, 9.17) is 0 Å². The number of halogens is 1. The Kier molecular flexibility index (Phi) is 3.15. The lowest BCUT2D eigenvalue weighted by molar-refractivity contribution is 0.102. The number of carbonyl (C=O) groups excluding carboxylic acids is 1. The van der Waals surface area contributed by atoms with Gasteiger partial charge in [0, 0.05) is 15.7 Å². The normalized spacial score (nSPS) is 10.7. The van der Waals surface area contributed by atoms with Crippen molar-refractivity contribution in [1.29, 1.82) is 0 Å². The first kappa shape index (κ1) is 12.7. The van der Waals surface area contributed by atoms with E-state index in [0.29, 0.717) is 22.3 Å². The first-order valence-electron chi connectivity index (χ1n) is 5.91. The maximum atomic E-state index is 12.1. The van der Waals surface area contributed by atoms with Crippen molar-refractivity contribution in [3.63, 3.8) is 0 Å². The number of hydrogen-bond acceptors (Lipinski definition) is 2. The second-order valence-electron chi connectivity index (χ2n) is 4.30. The molecule has 5 nitrogen and oxygen atoms in total. The molecule has 20 heavy (non-hydrogen) atoms. The van der Waals surface area contributed by atoms with Crippen LogP contribution in [0.25, 0.3) is 11.0 Å². The van der Waals surface area contributed by atoms with Crippen LogP contribution < -0.4 is 11.0 Å². The smallest absolute Gasteiger partial charge is 0.322 e. The van der Waals surface area contributed by atoms with Crippen molar-refractivity contribution in [3.05, 3.63) is 63.0 Å². The standard InChI is InChI=1S/C14H10BrN3O2/c15-9-2-4-10(5-3-9)16-13(19)8-1-6-11-12(7-8)18-14(20)17-11/h1-7H,(H,16,19)(H2,17,18,20). The largest absolute Gasteiger partial charge is 0.323 e. The Morgan fingerprint density at radius 2 is 1.70 bits per heavy atom. The number of benzene rings is 2. The van der Waals surface area contributed by atoms with E-state index in [1.165, 1.54) is 0 Å². The van der Waals surface area contributed by atoms with Crippen LogP contribution in [0.5, 0.6) is 0 Å². The van der Waals surface area contributed by atoms with Crippen LogP contribution in [-0.2, 0) is 0 Å². The van der Waals surface area contributed by atoms with Crippen LogP contribution in [0.1, 0.15) is 10.4 Å². The molecule has 3 aromatic rings. The molecule has 3 rings (SSSR count). The van der Waals surface area contributed by atoms with Gasteiger partial charge in [0.1, 0.15) is 0 Å². The van der Waals surface area contributed by atoms with E-state index in [9.17, 15) is 9.59 Å². The molecule has 0 saturated heterocycles. The third kappa shape index (κ3) is 2.50. The number of imidazole rings is 1. The summed E-state index contributed by atoms with van der Waals surface area (Å²) in [7, 11) is 0. The summed E-state index contributed by atoms with van der Waals surface area (Å²) >= 11 is 3.34. The zero-order valence-corrected chi connectivity index (χ0v) is 11.8. The van der Waals surface area contributed by atoms with Gasteiger partial charge in [-0.1, -0.05) is 15.9 Å². The van der Waals surface area contributed by atoms with Crippen LogP contribution in [0.2, 0.25) is 0 Å². The first-order chi connectivity index (χ1) is 9.61. The molecule has 0 aliphatic carbocycles. The van der Waals surface area contributed by atoms with Crippen LogP contribution in [-0.4, -0.2) is 15.9 Å². The number of fused-ring (bicyclic) bond motifs is 1. The molecule has 2 aromatic carbocycles. The summed E-state index contributed by atoms with van der Waals surface area (Å²) in [6, 6.07) is 12.3. The number of amides is 1. The van der Waals surface area contributed by atoms with E-state index in [1.807, 2.05) is 12.1 Å². The summed E-state index contributed by atoms with van der Waals surface area (Å²) in [6.07, 6.45) is 0. The quantitative estimate of drug-likeness (QED) is 0.675. The van der Waals surface area contributed by atoms with Gasteiger partial charge in [-0.15, -0.1) is 0 Å². The zero-order chi connectivity index (χ0) is 14.1. The fraction of sp³-hybridized carbons (Fsp3) is 0. The number of rotatable bonds is 2. The number of hydrogen-bond donors (Lipinski definition) is 3. The lowest BCUT2D eigenvalue weighted by atomic mass is 10.2. The van der Waals surface area contributed by atoms with Gasteiger partial charge >= 0.3 is 5.69 Å². The maximum Gasteiger partial charge on any atom is 0.323 e. The van der Waals surface area contributed by atoms with E-state index < -0.39 is 0 Å². The van der Waals surface area contributed by atoms with Gasteiger partial charge in [-0.25, -0.2) is 4.79 Å². The molecule has 0 saturated carbocycles. The Balaban J connectivity index is 1.88. The fourth-order valence-corrected chi connectivity index (χ4v) is 2.17. The Hall–Kier alpha value is -2.34. The molecule has 0 fully saturated rings. The number of aromatic amines is 2. The molecule has 0 aliphatic rings. The second-order valence-corrected chi connectivity index (χ2v) is 5.22. The van der Waals surface area contributed by atoms with E-state index >= 15 is 0 Å². The third-order valence-electron chi connectivity index (χ3n) is 2.88. The van der Waals surface area contributed by atoms with Crippen molar-refractivity contribution in [2.75, 3.05) is 5.32 Å². The summed E-state index contributed by atoms with van der Waals surface area (Å²) in [4.78, 5) is 28.6. The summed E-state index contributed by atoms with van der Waals surface area (Å²) in [5.74, 6) is -0.226. The van der Waals surface area contributed by atoms with Gasteiger partial charge in [-0.05, 0) is 42.5 Å². The van der Waals surface area contributed by atoms with E-state index in [0.717, 1.165) is 4.47 Å². The minimum atomic E-state index is -0.287. The van der Waals surface area contributed by atoms with Crippen molar-refractivity contribution in [1.82, 2.24) is 9.97 Å². The fourth-order valence-electron chi connectivity index (χ4n) is 1.91. The molecule has 6 heteroatoms. The minimum Gasteiger partial charge on any atom is -0.322 e.